The largest absolute Gasteiger partial charge is 0.462 e. The van der Waals surface area contributed by atoms with Gasteiger partial charge in [-0.2, -0.15) is 0 Å². The SMILES string of the molecule is CCCCCCCCCCCCCCCCCCCCCCC(=O)OCC(COC(=O)CCCCCCCCCCCCCC)OC(=O)CCCCCCCCCCCCCCCCCCCCC. The van der Waals surface area contributed by atoms with Crippen molar-refractivity contribution in [2.24, 2.45) is 0 Å². The third kappa shape index (κ3) is 57.2. The molecular formula is C63H122O6. The lowest BCUT2D eigenvalue weighted by molar-refractivity contribution is -0.167. The molecule has 410 valence electrons. The van der Waals surface area contributed by atoms with Crippen LogP contribution in [0.1, 0.15) is 367 Å². The van der Waals surface area contributed by atoms with E-state index in [0.29, 0.717) is 19.3 Å². The van der Waals surface area contributed by atoms with Gasteiger partial charge in [0, 0.05) is 19.3 Å². The van der Waals surface area contributed by atoms with E-state index in [-0.39, 0.29) is 31.1 Å². The summed E-state index contributed by atoms with van der Waals surface area (Å²) in [4.78, 5) is 38.2. The van der Waals surface area contributed by atoms with Gasteiger partial charge in [-0.15, -0.1) is 0 Å². The maximum atomic E-state index is 12.9. The molecule has 0 N–H and O–H groups in total. The van der Waals surface area contributed by atoms with Crippen LogP contribution >= 0.6 is 0 Å². The number of carbonyl (C=O) groups excluding carboxylic acids is 3. The molecule has 0 saturated heterocycles. The predicted molar refractivity (Wildman–Crippen MR) is 298 cm³/mol. The Morgan fingerprint density at radius 2 is 0.391 bits per heavy atom. The van der Waals surface area contributed by atoms with E-state index in [9.17, 15) is 14.4 Å². The van der Waals surface area contributed by atoms with E-state index in [4.69, 9.17) is 14.2 Å². The Kier molecular flexibility index (Phi) is 57.6. The first-order valence-corrected chi connectivity index (χ1v) is 31.5. The maximum absolute atomic E-state index is 12.9. The molecule has 0 bridgehead atoms. The molecular weight excluding hydrogens is 853 g/mol. The van der Waals surface area contributed by atoms with Crippen LogP contribution < -0.4 is 0 Å². The normalized spacial score (nSPS) is 11.9. The van der Waals surface area contributed by atoms with Gasteiger partial charge in [-0.1, -0.05) is 329 Å². The summed E-state index contributed by atoms with van der Waals surface area (Å²) in [5.74, 6) is -0.827. The van der Waals surface area contributed by atoms with Gasteiger partial charge in [0.25, 0.3) is 0 Å². The zero-order chi connectivity index (χ0) is 50.0. The first kappa shape index (κ1) is 67.4. The van der Waals surface area contributed by atoms with Crippen molar-refractivity contribution in [1.82, 2.24) is 0 Å². The second kappa shape index (κ2) is 59.0. The molecule has 0 aliphatic heterocycles. The lowest BCUT2D eigenvalue weighted by Gasteiger charge is -2.18. The van der Waals surface area contributed by atoms with Crippen molar-refractivity contribution in [2.45, 2.75) is 374 Å². The minimum atomic E-state index is -0.761. The lowest BCUT2D eigenvalue weighted by Crippen LogP contribution is -2.30. The summed E-state index contributed by atoms with van der Waals surface area (Å²) in [6.45, 7) is 6.72. The number of ether oxygens (including phenoxy) is 3. The number of unbranched alkanes of at least 4 members (excludes halogenated alkanes) is 48. The van der Waals surface area contributed by atoms with Gasteiger partial charge in [0.05, 0.1) is 0 Å². The van der Waals surface area contributed by atoms with Crippen molar-refractivity contribution >= 4 is 17.9 Å². The summed E-state index contributed by atoms with van der Waals surface area (Å²) in [7, 11) is 0. The van der Waals surface area contributed by atoms with E-state index in [0.717, 1.165) is 57.8 Å². The molecule has 0 radical (unpaired) electrons. The first-order valence-electron chi connectivity index (χ1n) is 31.5. The monoisotopic (exact) mass is 975 g/mol. The first-order chi connectivity index (χ1) is 34.0. The molecule has 0 aliphatic rings. The fraction of sp³-hybridized carbons (Fsp3) is 0.952. The van der Waals surface area contributed by atoms with Crippen molar-refractivity contribution in [3.05, 3.63) is 0 Å². The van der Waals surface area contributed by atoms with E-state index in [2.05, 4.69) is 20.8 Å². The molecule has 6 heteroatoms. The van der Waals surface area contributed by atoms with Gasteiger partial charge in [0.1, 0.15) is 13.2 Å². The van der Waals surface area contributed by atoms with Crippen LogP contribution in [-0.4, -0.2) is 37.2 Å². The highest BCUT2D eigenvalue weighted by Crippen LogP contribution is 2.18. The number of carbonyl (C=O) groups is 3. The van der Waals surface area contributed by atoms with E-state index >= 15 is 0 Å². The number of rotatable bonds is 59. The average Bonchev–Trinajstić information content (AvgIpc) is 3.35. The second-order valence-electron chi connectivity index (χ2n) is 21.7. The van der Waals surface area contributed by atoms with Crippen LogP contribution in [0.3, 0.4) is 0 Å². The molecule has 0 rings (SSSR count). The molecule has 1 atom stereocenters. The Labute approximate surface area is 431 Å². The standard InChI is InChI=1S/C63H122O6/c1-4-7-10-13-16-19-22-25-27-29-31-33-34-36-38-41-44-47-50-53-56-62(65)68-59-60(58-67-61(64)55-52-49-46-43-40-24-21-18-15-12-9-6-3)69-63(66)57-54-51-48-45-42-39-37-35-32-30-28-26-23-20-17-14-11-8-5-2/h60H,4-59H2,1-3H3. The van der Waals surface area contributed by atoms with Crippen molar-refractivity contribution < 1.29 is 28.6 Å². The molecule has 6 nitrogen and oxygen atoms in total. The van der Waals surface area contributed by atoms with E-state index in [1.807, 2.05) is 0 Å². The van der Waals surface area contributed by atoms with Crippen LogP contribution in [0.15, 0.2) is 0 Å². The third-order valence-electron chi connectivity index (χ3n) is 14.6. The van der Waals surface area contributed by atoms with Crippen LogP contribution in [0, 0.1) is 0 Å². The van der Waals surface area contributed by atoms with Crippen LogP contribution in [0.25, 0.3) is 0 Å². The van der Waals surface area contributed by atoms with Crippen molar-refractivity contribution in [2.75, 3.05) is 13.2 Å². The Balaban J connectivity index is 4.23. The lowest BCUT2D eigenvalue weighted by atomic mass is 10.0. The van der Waals surface area contributed by atoms with Gasteiger partial charge < -0.3 is 14.2 Å². The molecule has 0 fully saturated rings. The number of hydrogen-bond donors (Lipinski definition) is 0. The Hall–Kier alpha value is -1.59. The van der Waals surface area contributed by atoms with Gasteiger partial charge in [-0.3, -0.25) is 14.4 Å². The minimum absolute atomic E-state index is 0.0607. The molecule has 0 saturated carbocycles. The summed E-state index contributed by atoms with van der Waals surface area (Å²) < 4.78 is 16.9. The van der Waals surface area contributed by atoms with Crippen LogP contribution in [0.2, 0.25) is 0 Å². The van der Waals surface area contributed by atoms with Crippen molar-refractivity contribution in [3.8, 4) is 0 Å². The molecule has 69 heavy (non-hydrogen) atoms. The second-order valence-corrected chi connectivity index (χ2v) is 21.7. The van der Waals surface area contributed by atoms with Gasteiger partial charge in [-0.25, -0.2) is 0 Å². The fourth-order valence-corrected chi connectivity index (χ4v) is 9.86. The number of esters is 3. The summed E-state index contributed by atoms with van der Waals surface area (Å²) in [6, 6.07) is 0. The summed E-state index contributed by atoms with van der Waals surface area (Å²) in [5.41, 5.74) is 0. The Bertz CT molecular complexity index is 1030. The minimum Gasteiger partial charge on any atom is -0.462 e. The van der Waals surface area contributed by atoms with Gasteiger partial charge in [0.2, 0.25) is 0 Å². The van der Waals surface area contributed by atoms with Crippen LogP contribution in [0.5, 0.6) is 0 Å². The molecule has 0 spiro atoms. The molecule has 0 amide bonds. The highest BCUT2D eigenvalue weighted by Gasteiger charge is 2.19. The molecule has 0 heterocycles. The van der Waals surface area contributed by atoms with Crippen molar-refractivity contribution in [1.29, 1.82) is 0 Å². The highest BCUT2D eigenvalue weighted by atomic mass is 16.6. The molecule has 0 aromatic carbocycles. The smallest absolute Gasteiger partial charge is 0.306 e. The summed E-state index contributed by atoms with van der Waals surface area (Å²) >= 11 is 0. The summed E-state index contributed by atoms with van der Waals surface area (Å²) in [5, 5.41) is 0. The van der Waals surface area contributed by atoms with Crippen molar-refractivity contribution in [3.63, 3.8) is 0 Å². The van der Waals surface area contributed by atoms with Gasteiger partial charge in [-0.05, 0) is 19.3 Å². The van der Waals surface area contributed by atoms with Crippen LogP contribution in [-0.2, 0) is 28.6 Å². The third-order valence-corrected chi connectivity index (χ3v) is 14.6. The summed E-state index contributed by atoms with van der Waals surface area (Å²) in [6.07, 6.45) is 66.8. The van der Waals surface area contributed by atoms with E-state index in [1.165, 1.54) is 270 Å². The Morgan fingerprint density at radius 3 is 0.580 bits per heavy atom. The predicted octanol–water partition coefficient (Wildman–Crippen LogP) is 21.1. The molecule has 1 unspecified atom stereocenters. The van der Waals surface area contributed by atoms with E-state index in [1.54, 1.807) is 0 Å². The zero-order valence-corrected chi connectivity index (χ0v) is 47.1. The average molecular weight is 976 g/mol. The van der Waals surface area contributed by atoms with E-state index < -0.39 is 6.10 Å². The number of hydrogen-bond acceptors (Lipinski definition) is 6. The highest BCUT2D eigenvalue weighted by molar-refractivity contribution is 5.71. The maximum Gasteiger partial charge on any atom is 0.306 e. The quantitative estimate of drug-likeness (QED) is 0.0343. The Morgan fingerprint density at radius 1 is 0.232 bits per heavy atom. The van der Waals surface area contributed by atoms with Gasteiger partial charge >= 0.3 is 17.9 Å². The fourth-order valence-electron chi connectivity index (χ4n) is 9.86. The molecule has 0 aromatic heterocycles. The van der Waals surface area contributed by atoms with Crippen LogP contribution in [0.4, 0.5) is 0 Å². The molecule has 0 aliphatic carbocycles. The molecule has 0 aromatic rings. The topological polar surface area (TPSA) is 78.9 Å². The van der Waals surface area contributed by atoms with Gasteiger partial charge in [0.15, 0.2) is 6.10 Å². The zero-order valence-electron chi connectivity index (χ0n) is 47.1.